The first-order chi connectivity index (χ1) is 15.8. The summed E-state index contributed by atoms with van der Waals surface area (Å²) in [5.41, 5.74) is 1.09. The van der Waals surface area contributed by atoms with Gasteiger partial charge >= 0.3 is 5.97 Å². The number of carbonyl (C=O) groups is 2. The Hall–Kier alpha value is -3.50. The van der Waals surface area contributed by atoms with Crippen molar-refractivity contribution in [2.24, 2.45) is 0 Å². The number of benzene rings is 2. The van der Waals surface area contributed by atoms with E-state index in [4.69, 9.17) is 9.15 Å². The van der Waals surface area contributed by atoms with E-state index in [1.807, 2.05) is 0 Å². The minimum Gasteiger partial charge on any atom is -0.508 e. The van der Waals surface area contributed by atoms with E-state index in [2.05, 4.69) is 20.9 Å². The first kappa shape index (κ1) is 21.4. The molecule has 1 amide bonds. The van der Waals surface area contributed by atoms with Crippen molar-refractivity contribution in [3.05, 3.63) is 84.6 Å². The molecule has 1 N–H and O–H groups in total. The smallest absolute Gasteiger partial charge is 0.350 e. The van der Waals surface area contributed by atoms with Gasteiger partial charge in [-0.05, 0) is 42.8 Å². The van der Waals surface area contributed by atoms with Crippen LogP contribution in [0.25, 0.3) is 11.0 Å². The average Bonchev–Trinajstić information content (AvgIpc) is 3.32. The van der Waals surface area contributed by atoms with Crippen molar-refractivity contribution in [2.45, 2.75) is 13.0 Å². The Morgan fingerprint density at radius 3 is 2.64 bits per heavy atom. The van der Waals surface area contributed by atoms with Gasteiger partial charge in [0.1, 0.15) is 16.2 Å². The number of hydrogen-bond acceptors (Lipinski definition) is 8. The lowest BCUT2D eigenvalue weighted by Crippen LogP contribution is -2.29. The molecule has 5 rings (SSSR count). The monoisotopic (exact) mass is 526 g/mol. The van der Waals surface area contributed by atoms with Gasteiger partial charge in [0.15, 0.2) is 10.6 Å². The molecule has 0 bridgehead atoms. The predicted octanol–water partition coefficient (Wildman–Crippen LogP) is 4.56. The van der Waals surface area contributed by atoms with E-state index >= 15 is 0 Å². The number of nitrogens with zero attached hydrogens (tertiary/aromatic N) is 2. The topological polar surface area (TPSA) is 110 Å². The summed E-state index contributed by atoms with van der Waals surface area (Å²) in [4.78, 5) is 45.3. The number of carbonyl (C=O) groups excluding carboxylic acids is 2. The molecule has 3 heterocycles. The highest BCUT2D eigenvalue weighted by molar-refractivity contribution is 9.10. The molecular formula is C23H15BrN2O6S. The third-order valence-electron chi connectivity index (χ3n) is 5.40. The number of phenolic OH excluding ortho intramolecular Hbond substituents is 1. The Labute approximate surface area is 199 Å². The molecule has 1 aliphatic rings. The third-order valence-corrected chi connectivity index (χ3v) is 7.03. The second-order valence-electron chi connectivity index (χ2n) is 7.39. The van der Waals surface area contributed by atoms with E-state index < -0.39 is 17.9 Å². The number of aryl methyl sites for hydroxylation is 1. The molecule has 2 aromatic heterocycles. The molecule has 8 nitrogen and oxygen atoms in total. The molecule has 0 fully saturated rings. The number of fused-ring (bicyclic) bond motifs is 2. The van der Waals surface area contributed by atoms with Gasteiger partial charge in [0.25, 0.3) is 5.91 Å². The quantitative estimate of drug-likeness (QED) is 0.389. The number of phenols is 1. The summed E-state index contributed by atoms with van der Waals surface area (Å²) < 4.78 is 11.4. The number of methoxy groups -OCH3 is 1. The van der Waals surface area contributed by atoms with Crippen molar-refractivity contribution in [2.75, 3.05) is 12.0 Å². The SMILES string of the molecule is COC(=O)c1sc(N2C(=O)c3oc4ccc(Br)cc4c(=O)c3C2c2ccc(O)cc2)nc1C. The van der Waals surface area contributed by atoms with E-state index in [0.717, 1.165) is 11.3 Å². The lowest BCUT2D eigenvalue weighted by atomic mass is 9.98. The maximum absolute atomic E-state index is 13.6. The molecule has 33 heavy (non-hydrogen) atoms. The van der Waals surface area contributed by atoms with E-state index in [1.54, 1.807) is 37.3 Å². The fraction of sp³-hybridized carbons (Fsp3) is 0.130. The second kappa shape index (κ2) is 7.82. The molecular weight excluding hydrogens is 512 g/mol. The molecule has 10 heteroatoms. The summed E-state index contributed by atoms with van der Waals surface area (Å²) in [6.45, 7) is 1.64. The molecule has 166 valence electrons. The van der Waals surface area contributed by atoms with Gasteiger partial charge in [0, 0.05) is 4.47 Å². The van der Waals surface area contributed by atoms with Crippen LogP contribution in [0, 0.1) is 6.92 Å². The molecule has 0 saturated heterocycles. The lowest BCUT2D eigenvalue weighted by molar-refractivity contribution is 0.0605. The zero-order valence-electron chi connectivity index (χ0n) is 17.3. The van der Waals surface area contributed by atoms with Crippen LogP contribution in [0.2, 0.25) is 0 Å². The number of anilines is 1. The van der Waals surface area contributed by atoms with Gasteiger partial charge in [-0.3, -0.25) is 14.5 Å². The van der Waals surface area contributed by atoms with Gasteiger partial charge in [-0.2, -0.15) is 0 Å². The van der Waals surface area contributed by atoms with Gasteiger partial charge in [0.2, 0.25) is 5.76 Å². The zero-order chi connectivity index (χ0) is 23.4. The first-order valence-corrected chi connectivity index (χ1v) is 11.4. The van der Waals surface area contributed by atoms with Crippen molar-refractivity contribution >= 4 is 55.2 Å². The molecule has 1 unspecified atom stereocenters. The highest BCUT2D eigenvalue weighted by atomic mass is 79.9. The van der Waals surface area contributed by atoms with E-state index in [-0.39, 0.29) is 38.1 Å². The maximum Gasteiger partial charge on any atom is 0.350 e. The fourth-order valence-electron chi connectivity index (χ4n) is 3.88. The van der Waals surface area contributed by atoms with Crippen molar-refractivity contribution in [3.8, 4) is 5.75 Å². The number of hydrogen-bond donors (Lipinski definition) is 1. The lowest BCUT2D eigenvalue weighted by Gasteiger charge is -2.22. The standard InChI is InChI=1S/C23H15BrN2O6S/c1-10-20(22(30)31-2)33-23(25-10)26-17(11-3-6-13(27)7-4-11)16-18(28)14-9-12(24)5-8-15(14)32-19(16)21(26)29/h3-9,17,27H,1-2H3. The van der Waals surface area contributed by atoms with E-state index in [0.29, 0.717) is 21.1 Å². The first-order valence-electron chi connectivity index (χ1n) is 9.74. The Kier molecular flexibility index (Phi) is 5.06. The number of rotatable bonds is 3. The molecule has 0 spiro atoms. The molecule has 0 aliphatic carbocycles. The number of amides is 1. The molecule has 0 radical (unpaired) electrons. The largest absolute Gasteiger partial charge is 0.508 e. The van der Waals surface area contributed by atoms with Crippen LogP contribution in [-0.4, -0.2) is 29.1 Å². The number of aromatic hydroxyl groups is 1. The van der Waals surface area contributed by atoms with Gasteiger partial charge in [0.05, 0.1) is 29.8 Å². The van der Waals surface area contributed by atoms with Crippen LogP contribution < -0.4 is 10.3 Å². The second-order valence-corrected chi connectivity index (χ2v) is 9.28. The highest BCUT2D eigenvalue weighted by Gasteiger charge is 2.45. The predicted molar refractivity (Wildman–Crippen MR) is 125 cm³/mol. The number of halogens is 1. The van der Waals surface area contributed by atoms with Crippen LogP contribution in [-0.2, 0) is 4.74 Å². The maximum atomic E-state index is 13.6. The summed E-state index contributed by atoms with van der Waals surface area (Å²) in [5.74, 6) is -1.15. The summed E-state index contributed by atoms with van der Waals surface area (Å²) in [6, 6.07) is 10.3. The number of ether oxygens (including phenoxy) is 1. The fourth-order valence-corrected chi connectivity index (χ4v) is 5.25. The van der Waals surface area contributed by atoms with Gasteiger partial charge in [-0.1, -0.05) is 39.4 Å². The highest BCUT2D eigenvalue weighted by Crippen LogP contribution is 2.43. The molecule has 1 aliphatic heterocycles. The van der Waals surface area contributed by atoms with E-state index in [9.17, 15) is 19.5 Å². The Bertz CT molecular complexity index is 1510. The number of esters is 1. The molecule has 2 aromatic carbocycles. The summed E-state index contributed by atoms with van der Waals surface area (Å²) in [7, 11) is 1.27. The average molecular weight is 527 g/mol. The Morgan fingerprint density at radius 1 is 1.21 bits per heavy atom. The molecule has 4 aromatic rings. The van der Waals surface area contributed by atoms with Gasteiger partial charge in [-0.15, -0.1) is 0 Å². The number of aromatic nitrogens is 1. The minimum absolute atomic E-state index is 0.0439. The summed E-state index contributed by atoms with van der Waals surface area (Å²) >= 11 is 4.37. The van der Waals surface area contributed by atoms with Crippen molar-refractivity contribution in [3.63, 3.8) is 0 Å². The number of thiazole rings is 1. The van der Waals surface area contributed by atoms with Crippen LogP contribution in [0.5, 0.6) is 5.75 Å². The zero-order valence-corrected chi connectivity index (χ0v) is 19.7. The summed E-state index contributed by atoms with van der Waals surface area (Å²) in [6.07, 6.45) is 0. The van der Waals surface area contributed by atoms with Crippen LogP contribution in [0.15, 0.2) is 56.1 Å². The van der Waals surface area contributed by atoms with E-state index in [1.165, 1.54) is 24.1 Å². The van der Waals surface area contributed by atoms with Crippen molar-refractivity contribution in [1.29, 1.82) is 0 Å². The molecule has 0 saturated carbocycles. The molecule has 1 atom stereocenters. The van der Waals surface area contributed by atoms with Crippen LogP contribution >= 0.6 is 27.3 Å². The Balaban J connectivity index is 1.78. The minimum atomic E-state index is -0.858. The van der Waals surface area contributed by atoms with Crippen LogP contribution in [0.3, 0.4) is 0 Å². The van der Waals surface area contributed by atoms with Crippen molar-refractivity contribution < 1.29 is 23.8 Å². The van der Waals surface area contributed by atoms with Gasteiger partial charge < -0.3 is 14.3 Å². The van der Waals surface area contributed by atoms with Crippen LogP contribution in [0.4, 0.5) is 5.13 Å². The normalized spacial score (nSPS) is 15.2. The Morgan fingerprint density at radius 2 is 1.94 bits per heavy atom. The van der Waals surface area contributed by atoms with Crippen molar-refractivity contribution in [1.82, 2.24) is 4.98 Å². The third kappa shape index (κ3) is 3.33. The van der Waals surface area contributed by atoms with Gasteiger partial charge in [-0.25, -0.2) is 9.78 Å². The van der Waals surface area contributed by atoms with Crippen LogP contribution in [0.1, 0.15) is 43.1 Å². The summed E-state index contributed by atoms with van der Waals surface area (Å²) in [5, 5.41) is 10.3.